The van der Waals surface area contributed by atoms with Crippen LogP contribution in [0, 0.1) is 17.0 Å². The molecule has 0 unspecified atom stereocenters. The number of halogens is 1. The maximum Gasteiger partial charge on any atom is 0.315 e. The predicted molar refractivity (Wildman–Crippen MR) is 84.9 cm³/mol. The van der Waals surface area contributed by atoms with Crippen LogP contribution in [0.3, 0.4) is 0 Å². The molecular weight excluding hydrogens is 338 g/mol. The summed E-state index contributed by atoms with van der Waals surface area (Å²) < 4.78 is 5.21. The minimum absolute atomic E-state index is 0.211. The first-order valence-electron chi connectivity index (χ1n) is 6.68. The maximum atomic E-state index is 10.9. The van der Waals surface area contributed by atoms with Crippen molar-refractivity contribution in [3.05, 3.63) is 51.3 Å². The van der Waals surface area contributed by atoms with Crippen molar-refractivity contribution in [3.8, 4) is 34.1 Å². The average Bonchev–Trinajstić information content (AvgIpc) is 2.99. The van der Waals surface area contributed by atoms with E-state index in [0.717, 1.165) is 17.8 Å². The van der Waals surface area contributed by atoms with Crippen molar-refractivity contribution in [2.24, 2.45) is 0 Å². The van der Waals surface area contributed by atoms with Gasteiger partial charge in [0, 0.05) is 23.4 Å². The Morgan fingerprint density at radius 3 is 2.67 bits per heavy atom. The molecule has 9 heteroatoms. The molecule has 122 valence electrons. The van der Waals surface area contributed by atoms with E-state index in [1.165, 1.54) is 6.07 Å². The van der Waals surface area contributed by atoms with Gasteiger partial charge in [0.1, 0.15) is 10.8 Å². The number of aromatic nitrogens is 2. The zero-order valence-electron chi connectivity index (χ0n) is 12.2. The van der Waals surface area contributed by atoms with Gasteiger partial charge >= 0.3 is 5.69 Å². The van der Waals surface area contributed by atoms with E-state index in [1.54, 1.807) is 19.1 Å². The molecule has 24 heavy (non-hydrogen) atoms. The molecule has 0 atom stereocenters. The Morgan fingerprint density at radius 1 is 1.25 bits per heavy atom. The van der Waals surface area contributed by atoms with Gasteiger partial charge in [-0.1, -0.05) is 16.8 Å². The van der Waals surface area contributed by atoms with Gasteiger partial charge in [0.25, 0.3) is 0 Å². The Labute approximate surface area is 140 Å². The van der Waals surface area contributed by atoms with Crippen LogP contribution in [-0.4, -0.2) is 25.3 Å². The third-order valence-corrected chi connectivity index (χ3v) is 3.61. The van der Waals surface area contributed by atoms with Crippen LogP contribution in [0.2, 0.25) is 5.15 Å². The summed E-state index contributed by atoms with van der Waals surface area (Å²) in [4.78, 5) is 14.2. The first-order valence-corrected chi connectivity index (χ1v) is 7.05. The molecule has 0 spiro atoms. The molecule has 0 aliphatic heterocycles. The van der Waals surface area contributed by atoms with Gasteiger partial charge < -0.3 is 14.7 Å². The van der Waals surface area contributed by atoms with Crippen LogP contribution in [0.5, 0.6) is 11.5 Å². The van der Waals surface area contributed by atoms with Gasteiger partial charge in [0.05, 0.1) is 10.5 Å². The van der Waals surface area contributed by atoms with Crippen molar-refractivity contribution in [3.63, 3.8) is 0 Å². The maximum absolute atomic E-state index is 10.9. The number of aromatic hydroxyl groups is 2. The van der Waals surface area contributed by atoms with Gasteiger partial charge in [-0.15, -0.1) is 0 Å². The molecule has 0 radical (unpaired) electrons. The fourth-order valence-corrected chi connectivity index (χ4v) is 2.43. The SMILES string of the molecule is Cc1ccc(-c2cc(-c3cc(O)c(O)c([N+](=O)[O-])c3)no2)c(Cl)n1. The Bertz CT molecular complexity index is 954. The number of rotatable bonds is 3. The highest BCUT2D eigenvalue weighted by Gasteiger charge is 2.21. The highest BCUT2D eigenvalue weighted by atomic mass is 35.5. The quantitative estimate of drug-likeness (QED) is 0.320. The average molecular weight is 348 g/mol. The number of hydrogen-bond donors (Lipinski definition) is 2. The number of aryl methyl sites for hydroxylation is 1. The fraction of sp³-hybridized carbons (Fsp3) is 0.0667. The van der Waals surface area contributed by atoms with Gasteiger partial charge in [0.15, 0.2) is 11.5 Å². The number of nitro groups is 1. The van der Waals surface area contributed by atoms with E-state index in [9.17, 15) is 20.3 Å². The van der Waals surface area contributed by atoms with E-state index >= 15 is 0 Å². The standard InChI is InChI=1S/C15H10ClN3O5/c1-7-2-3-9(15(16)17-7)13-6-10(18-24-13)8-4-11(19(22)23)14(21)12(20)5-8/h2-6,20-21H,1H3. The highest BCUT2D eigenvalue weighted by molar-refractivity contribution is 6.32. The summed E-state index contributed by atoms with van der Waals surface area (Å²) in [6.45, 7) is 1.79. The lowest BCUT2D eigenvalue weighted by molar-refractivity contribution is -0.385. The van der Waals surface area contributed by atoms with Crippen molar-refractivity contribution < 1.29 is 19.7 Å². The molecule has 0 saturated carbocycles. The van der Waals surface area contributed by atoms with Gasteiger partial charge in [-0.05, 0) is 25.1 Å². The Kier molecular flexibility index (Phi) is 3.82. The molecular formula is C15H10ClN3O5. The van der Waals surface area contributed by atoms with Gasteiger partial charge in [-0.3, -0.25) is 10.1 Å². The van der Waals surface area contributed by atoms with Crippen molar-refractivity contribution in [2.75, 3.05) is 0 Å². The number of nitrogens with zero attached hydrogens (tertiary/aromatic N) is 3. The van der Waals surface area contributed by atoms with E-state index in [2.05, 4.69) is 10.1 Å². The zero-order chi connectivity index (χ0) is 17.4. The van der Waals surface area contributed by atoms with E-state index in [0.29, 0.717) is 11.3 Å². The second-order valence-corrected chi connectivity index (χ2v) is 5.35. The third kappa shape index (κ3) is 2.74. The van der Waals surface area contributed by atoms with Gasteiger partial charge in [-0.2, -0.15) is 0 Å². The summed E-state index contributed by atoms with van der Waals surface area (Å²) in [5.41, 5.74) is 1.06. The second-order valence-electron chi connectivity index (χ2n) is 4.99. The van der Waals surface area contributed by atoms with E-state index < -0.39 is 22.1 Å². The molecule has 8 nitrogen and oxygen atoms in total. The van der Waals surface area contributed by atoms with Crippen LogP contribution in [0.25, 0.3) is 22.6 Å². The number of nitro benzene ring substituents is 1. The van der Waals surface area contributed by atoms with Crippen molar-refractivity contribution in [2.45, 2.75) is 6.92 Å². The topological polar surface area (TPSA) is 123 Å². The summed E-state index contributed by atoms with van der Waals surface area (Å²) in [6.07, 6.45) is 0. The highest BCUT2D eigenvalue weighted by Crippen LogP contribution is 2.40. The molecule has 0 fully saturated rings. The minimum Gasteiger partial charge on any atom is -0.504 e. The normalized spacial score (nSPS) is 10.8. The van der Waals surface area contributed by atoms with E-state index in [1.807, 2.05) is 0 Å². The second kappa shape index (κ2) is 5.82. The Balaban J connectivity index is 2.07. The van der Waals surface area contributed by atoms with Crippen LogP contribution in [-0.2, 0) is 0 Å². The number of phenols is 2. The molecule has 1 aromatic carbocycles. The molecule has 0 amide bonds. The summed E-state index contributed by atoms with van der Waals surface area (Å²) >= 11 is 6.07. The third-order valence-electron chi connectivity index (χ3n) is 3.33. The fourth-order valence-electron chi connectivity index (χ4n) is 2.14. The predicted octanol–water partition coefficient (Wildman–Crippen LogP) is 3.68. The minimum atomic E-state index is -0.807. The zero-order valence-corrected chi connectivity index (χ0v) is 13.0. The van der Waals surface area contributed by atoms with Crippen molar-refractivity contribution in [1.82, 2.24) is 10.1 Å². The largest absolute Gasteiger partial charge is 0.504 e. The number of benzene rings is 1. The molecule has 2 aromatic heterocycles. The van der Waals surface area contributed by atoms with Crippen LogP contribution < -0.4 is 0 Å². The Hall–Kier alpha value is -3.13. The summed E-state index contributed by atoms with van der Waals surface area (Å²) in [5.74, 6) is -1.12. The molecule has 2 N–H and O–H groups in total. The first-order chi connectivity index (χ1) is 11.4. The lowest BCUT2D eigenvalue weighted by Crippen LogP contribution is -1.90. The smallest absolute Gasteiger partial charge is 0.315 e. The monoisotopic (exact) mass is 347 g/mol. The molecule has 3 rings (SSSR count). The number of hydrogen-bond acceptors (Lipinski definition) is 7. The van der Waals surface area contributed by atoms with E-state index in [-0.39, 0.29) is 16.4 Å². The summed E-state index contributed by atoms with van der Waals surface area (Å²) in [5, 5.41) is 34.1. The van der Waals surface area contributed by atoms with Crippen LogP contribution >= 0.6 is 11.6 Å². The van der Waals surface area contributed by atoms with Gasteiger partial charge in [-0.25, -0.2) is 4.98 Å². The molecule has 3 aromatic rings. The van der Waals surface area contributed by atoms with Crippen molar-refractivity contribution >= 4 is 17.3 Å². The molecule has 0 aliphatic carbocycles. The number of phenolic OH excluding ortho intramolecular Hbond substituents is 2. The first kappa shape index (κ1) is 15.8. The molecule has 0 saturated heterocycles. The van der Waals surface area contributed by atoms with Gasteiger partial charge in [0.2, 0.25) is 5.75 Å². The van der Waals surface area contributed by atoms with Crippen LogP contribution in [0.1, 0.15) is 5.69 Å². The lowest BCUT2D eigenvalue weighted by atomic mass is 10.1. The van der Waals surface area contributed by atoms with Crippen LogP contribution in [0.4, 0.5) is 5.69 Å². The number of pyridine rings is 1. The lowest BCUT2D eigenvalue weighted by Gasteiger charge is -2.02. The summed E-state index contributed by atoms with van der Waals surface area (Å²) in [6, 6.07) is 7.21. The van der Waals surface area contributed by atoms with Crippen LogP contribution in [0.15, 0.2) is 34.9 Å². The summed E-state index contributed by atoms with van der Waals surface area (Å²) in [7, 11) is 0. The van der Waals surface area contributed by atoms with E-state index in [4.69, 9.17) is 16.1 Å². The Morgan fingerprint density at radius 2 is 2.00 bits per heavy atom. The molecule has 0 aliphatic rings. The molecule has 2 heterocycles. The van der Waals surface area contributed by atoms with Crippen molar-refractivity contribution in [1.29, 1.82) is 0 Å². The molecule has 0 bridgehead atoms.